The van der Waals surface area contributed by atoms with Crippen molar-refractivity contribution in [3.63, 3.8) is 0 Å². The molecule has 0 aromatic heterocycles. The molecule has 3 rings (SSSR count). The molecular formula is C24H30N2O6S. The Bertz CT molecular complexity index is 979. The highest BCUT2D eigenvalue weighted by Crippen LogP contribution is 2.30. The number of imide groups is 1. The van der Waals surface area contributed by atoms with Gasteiger partial charge in [0.25, 0.3) is 11.8 Å². The smallest absolute Gasteiger partial charge is 0.333 e. The predicted octanol–water partition coefficient (Wildman–Crippen LogP) is 3.16. The topological polar surface area (TPSA) is 102 Å². The molecule has 0 spiro atoms. The molecule has 178 valence electrons. The Kier molecular flexibility index (Phi) is 7.94. The number of aryl methyl sites for hydroxylation is 2. The minimum Gasteiger partial charge on any atom is -0.494 e. The number of benzene rings is 1. The van der Waals surface area contributed by atoms with Gasteiger partial charge >= 0.3 is 5.97 Å². The summed E-state index contributed by atoms with van der Waals surface area (Å²) in [6.07, 6.45) is 2.58. The molecule has 1 saturated heterocycles. The zero-order valence-electron chi connectivity index (χ0n) is 19.3. The van der Waals surface area contributed by atoms with Crippen LogP contribution in [0.3, 0.4) is 0 Å². The highest BCUT2D eigenvalue weighted by molar-refractivity contribution is 7.81. The second-order valence-corrected chi connectivity index (χ2v) is 10.3. The number of hydrogen-bond acceptors (Lipinski definition) is 8. The third kappa shape index (κ3) is 6.90. The lowest BCUT2D eigenvalue weighted by Gasteiger charge is -2.15. The van der Waals surface area contributed by atoms with Gasteiger partial charge in [0.2, 0.25) is 0 Å². The number of ether oxygens (including phenoxy) is 1. The number of amides is 2. The Labute approximate surface area is 199 Å². The minimum absolute atomic E-state index is 0.0366. The first-order valence-corrected chi connectivity index (χ1v) is 11.6. The van der Waals surface area contributed by atoms with Gasteiger partial charge in [0.1, 0.15) is 5.75 Å². The maximum atomic E-state index is 12.1. The molecule has 2 amide bonds. The van der Waals surface area contributed by atoms with Gasteiger partial charge < -0.3 is 9.57 Å². The van der Waals surface area contributed by atoms with Crippen LogP contribution in [0.5, 0.6) is 5.75 Å². The van der Waals surface area contributed by atoms with Crippen LogP contribution in [0, 0.1) is 6.92 Å². The Balaban J connectivity index is 1.50. The number of carbonyl (C=O) groups is 4. The van der Waals surface area contributed by atoms with Crippen LogP contribution in [-0.4, -0.2) is 52.2 Å². The van der Waals surface area contributed by atoms with E-state index in [9.17, 15) is 19.2 Å². The van der Waals surface area contributed by atoms with E-state index in [-0.39, 0.29) is 36.3 Å². The largest absolute Gasteiger partial charge is 0.494 e. The zero-order chi connectivity index (χ0) is 24.2. The monoisotopic (exact) mass is 474 g/mol. The average Bonchev–Trinajstić information content (AvgIpc) is 3.27. The normalized spacial score (nSPS) is 17.0. The standard InChI is InChI=1S/C24H30N2O6S/c1-15-11-18(31-10-4-5-22(30)32-26-20(28)8-9-21(26)29)12-16-6-7-19(23(15)16)25-14-17(27)13-24(2,3)33/h11-12,33H,4-10,13-14H2,1-3H3. The fraction of sp³-hybridized carbons (Fsp3) is 0.542. The summed E-state index contributed by atoms with van der Waals surface area (Å²) in [5.74, 6) is -0.833. The van der Waals surface area contributed by atoms with Crippen LogP contribution in [0.25, 0.3) is 0 Å². The second kappa shape index (κ2) is 10.5. The van der Waals surface area contributed by atoms with E-state index >= 15 is 0 Å². The van der Waals surface area contributed by atoms with Gasteiger partial charge in [-0.1, -0.05) is 13.8 Å². The van der Waals surface area contributed by atoms with E-state index in [1.54, 1.807) is 0 Å². The van der Waals surface area contributed by atoms with Gasteiger partial charge in [-0.2, -0.15) is 12.6 Å². The van der Waals surface area contributed by atoms with Crippen molar-refractivity contribution in [1.29, 1.82) is 0 Å². The van der Waals surface area contributed by atoms with E-state index in [2.05, 4.69) is 17.6 Å². The molecule has 1 heterocycles. The maximum Gasteiger partial charge on any atom is 0.333 e. The van der Waals surface area contributed by atoms with Crippen molar-refractivity contribution >= 4 is 41.9 Å². The van der Waals surface area contributed by atoms with Crippen LogP contribution in [0.1, 0.15) is 69.1 Å². The molecule has 0 N–H and O–H groups in total. The number of nitrogens with zero attached hydrogens (tertiary/aromatic N) is 2. The number of aliphatic imine (C=N–C) groups is 1. The number of hydroxylamine groups is 2. The number of hydrogen-bond donors (Lipinski definition) is 1. The Hall–Kier alpha value is -2.68. The molecule has 0 radical (unpaired) electrons. The fourth-order valence-electron chi connectivity index (χ4n) is 3.99. The summed E-state index contributed by atoms with van der Waals surface area (Å²) in [5.41, 5.74) is 4.21. The minimum atomic E-state index is -0.635. The summed E-state index contributed by atoms with van der Waals surface area (Å²) in [7, 11) is 0. The number of carbonyl (C=O) groups excluding carboxylic acids is 4. The van der Waals surface area contributed by atoms with Crippen LogP contribution >= 0.6 is 12.6 Å². The van der Waals surface area contributed by atoms with Gasteiger partial charge in [-0.25, -0.2) is 4.79 Å². The van der Waals surface area contributed by atoms with Crippen LogP contribution in [0.15, 0.2) is 17.1 Å². The molecule has 33 heavy (non-hydrogen) atoms. The second-order valence-electron chi connectivity index (χ2n) is 9.06. The Morgan fingerprint density at radius 3 is 2.48 bits per heavy atom. The van der Waals surface area contributed by atoms with Crippen molar-refractivity contribution in [1.82, 2.24) is 5.06 Å². The van der Waals surface area contributed by atoms with Crippen LogP contribution < -0.4 is 4.74 Å². The van der Waals surface area contributed by atoms with E-state index in [1.165, 1.54) is 0 Å². The van der Waals surface area contributed by atoms with Crippen molar-refractivity contribution in [2.45, 2.75) is 70.5 Å². The molecule has 2 aliphatic rings. The number of rotatable bonds is 10. The fourth-order valence-corrected chi connectivity index (χ4v) is 4.16. The van der Waals surface area contributed by atoms with E-state index in [4.69, 9.17) is 9.57 Å². The average molecular weight is 475 g/mol. The maximum absolute atomic E-state index is 12.1. The predicted molar refractivity (Wildman–Crippen MR) is 126 cm³/mol. The number of thiol groups is 1. The van der Waals surface area contributed by atoms with E-state index < -0.39 is 17.8 Å². The van der Waals surface area contributed by atoms with Gasteiger partial charge in [0, 0.05) is 35.3 Å². The first-order chi connectivity index (χ1) is 15.5. The molecule has 1 aromatic rings. The number of ketones is 1. The van der Waals surface area contributed by atoms with Crippen LogP contribution in [-0.2, 0) is 30.4 Å². The van der Waals surface area contributed by atoms with Crippen molar-refractivity contribution in [2.75, 3.05) is 13.2 Å². The third-order valence-corrected chi connectivity index (χ3v) is 5.54. The van der Waals surface area contributed by atoms with Crippen molar-refractivity contribution in [2.24, 2.45) is 4.99 Å². The van der Waals surface area contributed by atoms with Crippen LogP contribution in [0.4, 0.5) is 0 Å². The SMILES string of the molecule is Cc1cc(OCCCC(=O)ON2C(=O)CCC2=O)cc2c1C(=NCC(=O)CC(C)(C)S)CC2. The lowest BCUT2D eigenvalue weighted by Crippen LogP contribution is -2.32. The lowest BCUT2D eigenvalue weighted by atomic mass is 10.0. The molecule has 9 heteroatoms. The van der Waals surface area contributed by atoms with Crippen molar-refractivity contribution < 1.29 is 28.8 Å². The zero-order valence-corrected chi connectivity index (χ0v) is 20.2. The third-order valence-electron chi connectivity index (χ3n) is 5.38. The molecular weight excluding hydrogens is 444 g/mol. The number of Topliss-reactive ketones (excluding diaryl/α,β-unsaturated/α-hetero) is 1. The molecule has 1 fully saturated rings. The van der Waals surface area contributed by atoms with Gasteiger partial charge in [-0.3, -0.25) is 19.4 Å². The summed E-state index contributed by atoms with van der Waals surface area (Å²) in [6, 6.07) is 3.90. The molecule has 1 aromatic carbocycles. The molecule has 1 aliphatic carbocycles. The Morgan fingerprint density at radius 1 is 1.12 bits per heavy atom. The first kappa shape index (κ1) is 25.0. The number of fused-ring (bicyclic) bond motifs is 1. The molecule has 1 aliphatic heterocycles. The molecule has 8 nitrogen and oxygen atoms in total. The van der Waals surface area contributed by atoms with Gasteiger partial charge in [0.15, 0.2) is 5.78 Å². The van der Waals surface area contributed by atoms with Crippen LogP contribution in [0.2, 0.25) is 0 Å². The molecule has 0 atom stereocenters. The summed E-state index contributed by atoms with van der Waals surface area (Å²) in [6.45, 7) is 6.28. The summed E-state index contributed by atoms with van der Waals surface area (Å²) in [4.78, 5) is 56.4. The van der Waals surface area contributed by atoms with E-state index in [0.717, 1.165) is 35.2 Å². The Morgan fingerprint density at radius 2 is 1.82 bits per heavy atom. The molecule has 0 saturated carbocycles. The summed E-state index contributed by atoms with van der Waals surface area (Å²) in [5, 5.41) is 0.555. The van der Waals surface area contributed by atoms with Gasteiger partial charge in [-0.05, 0) is 49.4 Å². The van der Waals surface area contributed by atoms with E-state index in [1.807, 2.05) is 32.9 Å². The van der Waals surface area contributed by atoms with Gasteiger partial charge in [-0.15, -0.1) is 5.06 Å². The first-order valence-electron chi connectivity index (χ1n) is 11.1. The van der Waals surface area contributed by atoms with E-state index in [0.29, 0.717) is 30.3 Å². The highest BCUT2D eigenvalue weighted by Gasteiger charge is 2.32. The lowest BCUT2D eigenvalue weighted by molar-refractivity contribution is -0.197. The molecule has 0 unspecified atom stereocenters. The van der Waals surface area contributed by atoms with Gasteiger partial charge in [0.05, 0.1) is 19.6 Å². The highest BCUT2D eigenvalue weighted by atomic mass is 32.1. The van der Waals surface area contributed by atoms with Crippen molar-refractivity contribution in [3.05, 3.63) is 28.8 Å². The summed E-state index contributed by atoms with van der Waals surface area (Å²) < 4.78 is 5.46. The summed E-state index contributed by atoms with van der Waals surface area (Å²) >= 11 is 4.41. The quantitative estimate of drug-likeness (QED) is 0.318. The van der Waals surface area contributed by atoms with Crippen molar-refractivity contribution in [3.8, 4) is 5.75 Å². The molecule has 0 bridgehead atoms.